The van der Waals surface area contributed by atoms with Crippen molar-refractivity contribution < 1.29 is 14.0 Å². The third-order valence-corrected chi connectivity index (χ3v) is 4.26. The Bertz CT molecular complexity index is 1210. The minimum Gasteiger partial charge on any atom is -0.340 e. The molecule has 1 heterocycles. The second-order valence-corrected chi connectivity index (χ2v) is 6.36. The summed E-state index contributed by atoms with van der Waals surface area (Å²) in [5.41, 5.74) is 2.11. The number of hydrogen-bond acceptors (Lipinski definition) is 5. The molecule has 0 saturated carbocycles. The van der Waals surface area contributed by atoms with Crippen LogP contribution in [0.15, 0.2) is 79.1 Å². The van der Waals surface area contributed by atoms with Gasteiger partial charge in [0.2, 0.25) is 0 Å². The van der Waals surface area contributed by atoms with Gasteiger partial charge >= 0.3 is 6.03 Å². The van der Waals surface area contributed by atoms with Gasteiger partial charge in [-0.1, -0.05) is 18.2 Å². The van der Waals surface area contributed by atoms with Crippen LogP contribution in [0.1, 0.15) is 10.4 Å². The number of nitrogens with one attached hydrogen (secondary N) is 3. The number of carbonyl (C=O) groups excluding carboxylic acids is 2. The normalized spacial score (nSPS) is 10.4. The summed E-state index contributed by atoms with van der Waals surface area (Å²) in [7, 11) is 0. The van der Waals surface area contributed by atoms with Crippen molar-refractivity contribution in [3.05, 3.63) is 90.5 Å². The Labute approximate surface area is 171 Å². The Morgan fingerprint density at radius 1 is 0.833 bits per heavy atom. The highest BCUT2D eigenvalue weighted by molar-refractivity contribution is 6.08. The molecule has 0 aliphatic rings. The molecule has 3 aromatic carbocycles. The van der Waals surface area contributed by atoms with E-state index in [2.05, 4.69) is 25.9 Å². The maximum atomic E-state index is 13.1. The number of benzene rings is 3. The number of amides is 3. The highest BCUT2D eigenvalue weighted by atomic mass is 19.1. The van der Waals surface area contributed by atoms with E-state index < -0.39 is 11.9 Å². The number of hydrogen-bond donors (Lipinski definition) is 3. The average Bonchev–Trinajstić information content (AvgIpc) is 2.76. The first-order valence-corrected chi connectivity index (χ1v) is 9.03. The summed E-state index contributed by atoms with van der Waals surface area (Å²) in [5.74, 6) is -0.281. The number of carbonyl (C=O) groups is 2. The minimum atomic E-state index is -0.651. The predicted octanol–water partition coefficient (Wildman–Crippen LogP) is 4.47. The lowest BCUT2D eigenvalue weighted by Gasteiger charge is -2.10. The van der Waals surface area contributed by atoms with Crippen LogP contribution in [-0.4, -0.2) is 21.9 Å². The van der Waals surface area contributed by atoms with Crippen LogP contribution in [0.4, 0.5) is 26.4 Å². The van der Waals surface area contributed by atoms with E-state index in [0.717, 1.165) is 0 Å². The van der Waals surface area contributed by atoms with Gasteiger partial charge in [0.05, 0.1) is 5.52 Å². The molecule has 0 atom stereocenters. The quantitative estimate of drug-likeness (QED) is 0.469. The largest absolute Gasteiger partial charge is 0.340 e. The lowest BCUT2D eigenvalue weighted by Crippen LogP contribution is -2.34. The zero-order valence-corrected chi connectivity index (χ0v) is 15.6. The van der Waals surface area contributed by atoms with Gasteiger partial charge in [0.15, 0.2) is 0 Å². The van der Waals surface area contributed by atoms with E-state index in [1.54, 1.807) is 60.7 Å². The Morgan fingerprint density at radius 2 is 1.57 bits per heavy atom. The van der Waals surface area contributed by atoms with Gasteiger partial charge in [-0.25, -0.2) is 19.2 Å². The molecule has 1 aromatic heterocycles. The predicted molar refractivity (Wildman–Crippen MR) is 112 cm³/mol. The van der Waals surface area contributed by atoms with E-state index >= 15 is 0 Å². The van der Waals surface area contributed by atoms with E-state index in [-0.39, 0.29) is 5.82 Å². The summed E-state index contributed by atoms with van der Waals surface area (Å²) in [5, 5.41) is 8.73. The first kappa shape index (κ1) is 19.0. The summed E-state index contributed by atoms with van der Waals surface area (Å²) < 4.78 is 13.1. The summed E-state index contributed by atoms with van der Waals surface area (Å²) in [6.45, 7) is 0. The van der Waals surface area contributed by atoms with Gasteiger partial charge in [-0.15, -0.1) is 0 Å². The Morgan fingerprint density at radius 3 is 2.33 bits per heavy atom. The molecule has 0 unspecified atom stereocenters. The molecule has 0 bridgehead atoms. The van der Waals surface area contributed by atoms with Crippen molar-refractivity contribution in [3.8, 4) is 0 Å². The second kappa shape index (κ2) is 8.36. The van der Waals surface area contributed by atoms with Crippen molar-refractivity contribution in [1.29, 1.82) is 0 Å². The Kier molecular flexibility index (Phi) is 5.29. The fourth-order valence-corrected chi connectivity index (χ4v) is 2.83. The van der Waals surface area contributed by atoms with Crippen LogP contribution in [0.5, 0.6) is 0 Å². The standard InChI is InChI=1S/C22H16FN5O2/c23-15-6-8-16(9-7-15)26-20-18-11-10-17(12-19(18)24-13-25-20)27-22(30)28-21(29)14-4-2-1-3-5-14/h1-13H,(H,24,25,26)(H2,27,28,29,30). The smallest absolute Gasteiger partial charge is 0.326 e. The van der Waals surface area contributed by atoms with Gasteiger partial charge in [-0.05, 0) is 54.6 Å². The fourth-order valence-electron chi connectivity index (χ4n) is 2.83. The number of anilines is 3. The number of aromatic nitrogens is 2. The highest BCUT2D eigenvalue weighted by Crippen LogP contribution is 2.25. The zero-order chi connectivity index (χ0) is 20.9. The molecule has 0 spiro atoms. The van der Waals surface area contributed by atoms with Crippen LogP contribution >= 0.6 is 0 Å². The molecule has 0 fully saturated rings. The molecular formula is C22H16FN5O2. The third kappa shape index (κ3) is 4.39. The first-order chi connectivity index (χ1) is 14.6. The van der Waals surface area contributed by atoms with Crippen molar-refractivity contribution in [2.45, 2.75) is 0 Å². The van der Waals surface area contributed by atoms with Gasteiger partial charge in [0.1, 0.15) is 18.0 Å². The molecule has 0 aliphatic carbocycles. The summed E-state index contributed by atoms with van der Waals surface area (Å²) in [4.78, 5) is 32.7. The molecule has 8 heteroatoms. The van der Waals surface area contributed by atoms with Crippen molar-refractivity contribution in [2.75, 3.05) is 10.6 Å². The highest BCUT2D eigenvalue weighted by Gasteiger charge is 2.11. The van der Waals surface area contributed by atoms with E-state index in [9.17, 15) is 14.0 Å². The molecule has 4 rings (SSSR count). The lowest BCUT2D eigenvalue weighted by atomic mass is 10.2. The van der Waals surface area contributed by atoms with Crippen molar-refractivity contribution in [2.24, 2.45) is 0 Å². The number of fused-ring (bicyclic) bond motifs is 1. The van der Waals surface area contributed by atoms with Crippen LogP contribution < -0.4 is 16.0 Å². The molecule has 0 aliphatic heterocycles. The third-order valence-electron chi connectivity index (χ3n) is 4.26. The lowest BCUT2D eigenvalue weighted by molar-refractivity contribution is 0.0967. The van der Waals surface area contributed by atoms with Gasteiger partial charge in [0.25, 0.3) is 5.91 Å². The van der Waals surface area contributed by atoms with Crippen LogP contribution in [0.25, 0.3) is 10.9 Å². The van der Waals surface area contributed by atoms with E-state index in [1.807, 2.05) is 0 Å². The van der Waals surface area contributed by atoms with Gasteiger partial charge in [-0.3, -0.25) is 10.1 Å². The number of nitrogens with zero attached hydrogens (tertiary/aromatic N) is 2. The minimum absolute atomic E-state index is 0.326. The summed E-state index contributed by atoms with van der Waals surface area (Å²) in [6.07, 6.45) is 1.39. The van der Waals surface area contributed by atoms with E-state index in [4.69, 9.17) is 0 Å². The van der Waals surface area contributed by atoms with Gasteiger partial charge in [-0.2, -0.15) is 0 Å². The van der Waals surface area contributed by atoms with Crippen LogP contribution in [0.2, 0.25) is 0 Å². The fraction of sp³-hybridized carbons (Fsp3) is 0. The number of urea groups is 1. The van der Waals surface area contributed by atoms with E-state index in [0.29, 0.717) is 33.7 Å². The molecule has 3 amide bonds. The Balaban J connectivity index is 1.49. The topological polar surface area (TPSA) is 96.0 Å². The second-order valence-electron chi connectivity index (χ2n) is 6.36. The van der Waals surface area contributed by atoms with Gasteiger partial charge < -0.3 is 10.6 Å². The molecule has 7 nitrogen and oxygen atoms in total. The average molecular weight is 401 g/mol. The maximum absolute atomic E-state index is 13.1. The van der Waals surface area contributed by atoms with Crippen molar-refractivity contribution in [3.63, 3.8) is 0 Å². The van der Waals surface area contributed by atoms with E-state index in [1.165, 1.54) is 18.5 Å². The molecule has 148 valence electrons. The molecule has 0 saturated heterocycles. The molecular weight excluding hydrogens is 385 g/mol. The Hall–Kier alpha value is -4.33. The molecule has 4 aromatic rings. The van der Waals surface area contributed by atoms with Crippen LogP contribution in [0, 0.1) is 5.82 Å². The molecule has 0 radical (unpaired) electrons. The number of rotatable bonds is 4. The zero-order valence-electron chi connectivity index (χ0n) is 15.6. The monoisotopic (exact) mass is 401 g/mol. The summed E-state index contributed by atoms with van der Waals surface area (Å²) in [6, 6.07) is 18.8. The maximum Gasteiger partial charge on any atom is 0.326 e. The molecule has 3 N–H and O–H groups in total. The van der Waals surface area contributed by atoms with Crippen molar-refractivity contribution >= 4 is 40.0 Å². The number of imide groups is 1. The van der Waals surface area contributed by atoms with Crippen molar-refractivity contribution in [1.82, 2.24) is 15.3 Å². The van der Waals surface area contributed by atoms with Crippen LogP contribution in [0.3, 0.4) is 0 Å². The van der Waals surface area contributed by atoms with Crippen LogP contribution in [-0.2, 0) is 0 Å². The SMILES string of the molecule is O=C(NC(=O)c1ccccc1)Nc1ccc2c(Nc3ccc(F)cc3)ncnc2c1. The summed E-state index contributed by atoms with van der Waals surface area (Å²) >= 11 is 0. The first-order valence-electron chi connectivity index (χ1n) is 9.03. The molecule has 30 heavy (non-hydrogen) atoms. The number of halogens is 1. The van der Waals surface area contributed by atoms with Gasteiger partial charge in [0, 0.05) is 22.3 Å².